The molecule has 1 aromatic carbocycles. The zero-order chi connectivity index (χ0) is 18.5. The molecule has 0 aliphatic heterocycles. The number of nitrogens with one attached hydrogen (secondary N) is 4. The molecule has 0 aliphatic carbocycles. The molecule has 0 atom stereocenters. The van der Waals surface area contributed by atoms with E-state index in [1.165, 1.54) is 0 Å². The fraction of sp³-hybridized carbons (Fsp3) is 0.278. The van der Waals surface area contributed by atoms with Gasteiger partial charge in [0, 0.05) is 31.2 Å². The minimum absolute atomic E-state index is 0.000952. The average Bonchev–Trinajstić information content (AvgIpc) is 2.96. The highest BCUT2D eigenvalue weighted by Crippen LogP contribution is 2.16. The van der Waals surface area contributed by atoms with Crippen LogP contribution < -0.4 is 21.9 Å². The Hall–Kier alpha value is -3.13. The number of rotatable bonds is 7. The molecule has 26 heavy (non-hydrogen) atoms. The summed E-state index contributed by atoms with van der Waals surface area (Å²) in [6.07, 6.45) is 4.60. The van der Waals surface area contributed by atoms with Crippen LogP contribution in [0.15, 0.2) is 41.5 Å². The maximum absolute atomic E-state index is 12.3. The highest BCUT2D eigenvalue weighted by molar-refractivity contribution is 5.74. The summed E-state index contributed by atoms with van der Waals surface area (Å²) in [6.45, 7) is 4.18. The first-order valence-electron chi connectivity index (χ1n) is 8.49. The van der Waals surface area contributed by atoms with Gasteiger partial charge in [0.15, 0.2) is 5.96 Å². The van der Waals surface area contributed by atoms with Crippen molar-refractivity contribution in [1.82, 2.24) is 25.0 Å². The molecule has 0 amide bonds. The molecule has 3 rings (SSSR count). The lowest BCUT2D eigenvalue weighted by Gasteiger charge is -2.07. The Morgan fingerprint density at radius 3 is 2.77 bits per heavy atom. The van der Waals surface area contributed by atoms with Crippen molar-refractivity contribution in [3.63, 3.8) is 0 Å². The van der Waals surface area contributed by atoms with Crippen molar-refractivity contribution in [1.29, 1.82) is 5.41 Å². The number of nitrogens with two attached hydrogens (primary N) is 1. The van der Waals surface area contributed by atoms with Crippen LogP contribution in [-0.4, -0.2) is 33.4 Å². The van der Waals surface area contributed by atoms with Gasteiger partial charge in [-0.15, -0.1) is 0 Å². The lowest BCUT2D eigenvalue weighted by molar-refractivity contribution is 0.639. The molecule has 0 aliphatic rings. The third kappa shape index (κ3) is 4.28. The number of aromatic amines is 1. The SMILES string of the molecule is Cc1cn2cc(-c3ccc(CNCCCNC(=N)N)cc3)c(=O)nc2[nH]1. The van der Waals surface area contributed by atoms with Crippen molar-refractivity contribution >= 4 is 11.7 Å². The van der Waals surface area contributed by atoms with Crippen molar-refractivity contribution in [2.75, 3.05) is 13.1 Å². The minimum atomic E-state index is -0.240. The zero-order valence-electron chi connectivity index (χ0n) is 14.7. The highest BCUT2D eigenvalue weighted by atomic mass is 16.1. The van der Waals surface area contributed by atoms with E-state index < -0.39 is 0 Å². The number of aryl methyl sites for hydroxylation is 1. The molecule has 0 unspecified atom stereocenters. The maximum Gasteiger partial charge on any atom is 0.282 e. The van der Waals surface area contributed by atoms with Crippen molar-refractivity contribution in [3.8, 4) is 11.1 Å². The predicted octanol–water partition coefficient (Wildman–Crippen LogP) is 0.961. The van der Waals surface area contributed by atoms with Crippen LogP contribution in [0, 0.1) is 12.3 Å². The molecule has 0 spiro atoms. The summed E-state index contributed by atoms with van der Waals surface area (Å²) in [4.78, 5) is 19.4. The summed E-state index contributed by atoms with van der Waals surface area (Å²) >= 11 is 0. The van der Waals surface area contributed by atoms with E-state index in [9.17, 15) is 4.79 Å². The van der Waals surface area contributed by atoms with Gasteiger partial charge in [0.25, 0.3) is 5.56 Å². The largest absolute Gasteiger partial charge is 0.370 e. The smallest absolute Gasteiger partial charge is 0.282 e. The molecular formula is C18H23N7O. The molecule has 8 nitrogen and oxygen atoms in total. The number of imidazole rings is 1. The normalized spacial score (nSPS) is 11.0. The topological polar surface area (TPSA) is 124 Å². The van der Waals surface area contributed by atoms with Crippen LogP contribution in [0.1, 0.15) is 17.7 Å². The van der Waals surface area contributed by atoms with E-state index in [2.05, 4.69) is 20.6 Å². The van der Waals surface area contributed by atoms with Gasteiger partial charge in [0.1, 0.15) is 0 Å². The number of guanidine groups is 1. The second-order valence-corrected chi connectivity index (χ2v) is 6.20. The first-order chi connectivity index (χ1) is 12.5. The van der Waals surface area contributed by atoms with Gasteiger partial charge < -0.3 is 21.4 Å². The molecule has 0 bridgehead atoms. The fourth-order valence-corrected chi connectivity index (χ4v) is 2.75. The number of H-pyrrole nitrogens is 1. The van der Waals surface area contributed by atoms with Crippen LogP contribution in [0.25, 0.3) is 16.9 Å². The molecule has 3 aromatic rings. The lowest BCUT2D eigenvalue weighted by Crippen LogP contribution is -2.32. The molecule has 0 saturated carbocycles. The van der Waals surface area contributed by atoms with E-state index >= 15 is 0 Å². The first-order valence-corrected chi connectivity index (χ1v) is 8.49. The van der Waals surface area contributed by atoms with Crippen LogP contribution in [0.2, 0.25) is 0 Å². The highest BCUT2D eigenvalue weighted by Gasteiger charge is 2.08. The second-order valence-electron chi connectivity index (χ2n) is 6.20. The van der Waals surface area contributed by atoms with Crippen LogP contribution in [0.3, 0.4) is 0 Å². The number of hydrogen-bond acceptors (Lipinski definition) is 4. The van der Waals surface area contributed by atoms with Gasteiger partial charge in [-0.05, 0) is 31.0 Å². The molecule has 2 heterocycles. The Balaban J connectivity index is 1.62. The summed E-state index contributed by atoms with van der Waals surface area (Å²) in [7, 11) is 0. The molecule has 8 heteroatoms. The Bertz CT molecular complexity index is 956. The Kier molecular flexibility index (Phi) is 5.33. The van der Waals surface area contributed by atoms with Crippen molar-refractivity contribution in [3.05, 3.63) is 58.3 Å². The Morgan fingerprint density at radius 2 is 2.04 bits per heavy atom. The van der Waals surface area contributed by atoms with E-state index in [0.717, 1.165) is 36.3 Å². The van der Waals surface area contributed by atoms with Crippen LogP contribution in [0.4, 0.5) is 0 Å². The predicted molar refractivity (Wildman–Crippen MR) is 102 cm³/mol. The van der Waals surface area contributed by atoms with Crippen molar-refractivity contribution < 1.29 is 0 Å². The number of nitrogens with zero attached hydrogens (tertiary/aromatic N) is 2. The van der Waals surface area contributed by atoms with Gasteiger partial charge in [0.05, 0.1) is 5.56 Å². The first kappa shape index (κ1) is 17.7. The lowest BCUT2D eigenvalue weighted by atomic mass is 10.1. The number of fused-ring (bicyclic) bond motifs is 1. The second kappa shape index (κ2) is 7.83. The molecule has 0 saturated heterocycles. The van der Waals surface area contributed by atoms with Crippen LogP contribution in [0.5, 0.6) is 0 Å². The monoisotopic (exact) mass is 353 g/mol. The molecule has 0 fully saturated rings. The standard InChI is InChI=1S/C18H23N7O/c1-12-10-25-11-15(16(26)24-18(25)23-12)14-5-3-13(4-6-14)9-21-7-2-8-22-17(19)20/h3-6,10-11,21H,2,7-9H2,1H3,(H4,19,20,22)(H,23,24,26). The van der Waals surface area contributed by atoms with Gasteiger partial charge in [-0.2, -0.15) is 4.98 Å². The summed E-state index contributed by atoms with van der Waals surface area (Å²) in [6, 6.07) is 7.90. The molecule has 2 aromatic heterocycles. The van der Waals surface area contributed by atoms with E-state index in [1.54, 1.807) is 0 Å². The Morgan fingerprint density at radius 1 is 1.27 bits per heavy atom. The van der Waals surface area contributed by atoms with E-state index in [4.69, 9.17) is 11.1 Å². The van der Waals surface area contributed by atoms with Crippen LogP contribution in [-0.2, 0) is 6.54 Å². The van der Waals surface area contributed by atoms with E-state index in [0.29, 0.717) is 17.9 Å². The number of aromatic nitrogens is 3. The van der Waals surface area contributed by atoms with Gasteiger partial charge in [0.2, 0.25) is 5.78 Å². The zero-order valence-corrected chi connectivity index (χ0v) is 14.7. The molecular weight excluding hydrogens is 330 g/mol. The fourth-order valence-electron chi connectivity index (χ4n) is 2.75. The summed E-state index contributed by atoms with van der Waals surface area (Å²) in [5.41, 5.74) is 8.51. The van der Waals surface area contributed by atoms with Gasteiger partial charge in [-0.25, -0.2) is 0 Å². The third-order valence-corrected chi connectivity index (χ3v) is 4.03. The van der Waals surface area contributed by atoms with Crippen LogP contribution >= 0.6 is 0 Å². The number of benzene rings is 1. The molecule has 0 radical (unpaired) electrons. The van der Waals surface area contributed by atoms with Crippen molar-refractivity contribution in [2.24, 2.45) is 5.73 Å². The quantitative estimate of drug-likeness (QED) is 0.246. The number of hydrogen-bond donors (Lipinski definition) is 5. The van der Waals surface area contributed by atoms with Gasteiger partial charge >= 0.3 is 0 Å². The average molecular weight is 353 g/mol. The third-order valence-electron chi connectivity index (χ3n) is 4.03. The summed E-state index contributed by atoms with van der Waals surface area (Å²) < 4.78 is 1.83. The van der Waals surface area contributed by atoms with E-state index in [-0.39, 0.29) is 11.5 Å². The maximum atomic E-state index is 12.3. The molecule has 136 valence electrons. The van der Waals surface area contributed by atoms with Crippen molar-refractivity contribution in [2.45, 2.75) is 19.9 Å². The summed E-state index contributed by atoms with van der Waals surface area (Å²) in [5.74, 6) is 0.551. The van der Waals surface area contributed by atoms with E-state index in [1.807, 2.05) is 48.0 Å². The Labute approximate surface area is 151 Å². The summed E-state index contributed by atoms with van der Waals surface area (Å²) in [5, 5.41) is 13.2. The molecule has 6 N–H and O–H groups in total. The van der Waals surface area contributed by atoms with Gasteiger partial charge in [-0.1, -0.05) is 24.3 Å². The van der Waals surface area contributed by atoms with Gasteiger partial charge in [-0.3, -0.25) is 14.6 Å². The minimum Gasteiger partial charge on any atom is -0.370 e.